The van der Waals surface area contributed by atoms with Crippen molar-refractivity contribution in [2.45, 2.75) is 57.8 Å². The van der Waals surface area contributed by atoms with Gasteiger partial charge in [-0.15, -0.1) is 6.58 Å². The van der Waals surface area contributed by atoms with Gasteiger partial charge in [-0.2, -0.15) is 0 Å². The van der Waals surface area contributed by atoms with Crippen molar-refractivity contribution in [3.63, 3.8) is 0 Å². The Bertz CT molecular complexity index is 449. The molecule has 1 radical (unpaired) electrons. The molecular weight excluding hydrogens is 216 g/mol. The minimum atomic E-state index is 0.308. The second kappa shape index (κ2) is 4.57. The molecule has 0 atom stereocenters. The first-order valence-corrected chi connectivity index (χ1v) is 6.96. The van der Waals surface area contributed by atoms with Gasteiger partial charge in [-0.1, -0.05) is 52.0 Å². The van der Waals surface area contributed by atoms with Crippen molar-refractivity contribution in [2.75, 3.05) is 0 Å². The summed E-state index contributed by atoms with van der Waals surface area (Å²) in [5.74, 6) is 0. The summed E-state index contributed by atoms with van der Waals surface area (Å²) in [6, 6.07) is 6.98. The van der Waals surface area contributed by atoms with Crippen LogP contribution < -0.4 is 0 Å². The van der Waals surface area contributed by atoms with Crippen LogP contribution in [0.1, 0.15) is 63.6 Å². The molecule has 2 rings (SSSR count). The van der Waals surface area contributed by atoms with E-state index in [9.17, 15) is 0 Å². The molecule has 0 fully saturated rings. The van der Waals surface area contributed by atoms with E-state index in [0.29, 0.717) is 10.8 Å². The van der Waals surface area contributed by atoms with E-state index in [4.69, 9.17) is 0 Å². The summed E-state index contributed by atoms with van der Waals surface area (Å²) in [4.78, 5) is 0. The van der Waals surface area contributed by atoms with Crippen LogP contribution in [0.4, 0.5) is 0 Å². The first kappa shape index (κ1) is 13.4. The van der Waals surface area contributed by atoms with Crippen LogP contribution in [0.3, 0.4) is 0 Å². The van der Waals surface area contributed by atoms with Gasteiger partial charge in [-0.3, -0.25) is 0 Å². The molecule has 1 aliphatic carbocycles. The number of hydrogen-bond donors (Lipinski definition) is 0. The van der Waals surface area contributed by atoms with E-state index in [1.54, 1.807) is 0 Å². The highest BCUT2D eigenvalue weighted by molar-refractivity contribution is 5.45. The minimum absolute atomic E-state index is 0.308. The summed E-state index contributed by atoms with van der Waals surface area (Å²) in [7, 11) is 0. The van der Waals surface area contributed by atoms with Crippen LogP contribution in [0.15, 0.2) is 30.9 Å². The van der Waals surface area contributed by atoms with Crippen molar-refractivity contribution in [3.8, 4) is 0 Å². The van der Waals surface area contributed by atoms with Crippen molar-refractivity contribution in [1.82, 2.24) is 0 Å². The Kier molecular flexibility index (Phi) is 3.40. The van der Waals surface area contributed by atoms with E-state index in [2.05, 4.69) is 58.9 Å². The van der Waals surface area contributed by atoms with Crippen molar-refractivity contribution in [2.24, 2.45) is 0 Å². The van der Waals surface area contributed by atoms with Crippen LogP contribution in [0.25, 0.3) is 0 Å². The minimum Gasteiger partial charge on any atom is -0.103 e. The maximum Gasteiger partial charge on any atom is -0.00556 e. The SMILES string of the molecule is C=CC[CH]c1ccc2c(c1)C(C)(C)CCC2(C)C. The topological polar surface area (TPSA) is 0 Å². The molecule has 0 aliphatic heterocycles. The quantitative estimate of drug-likeness (QED) is 0.641. The van der Waals surface area contributed by atoms with Crippen LogP contribution >= 0.6 is 0 Å². The molecule has 0 N–H and O–H groups in total. The van der Waals surface area contributed by atoms with Gasteiger partial charge in [0.15, 0.2) is 0 Å². The molecule has 0 amide bonds. The monoisotopic (exact) mass is 241 g/mol. The van der Waals surface area contributed by atoms with E-state index >= 15 is 0 Å². The number of benzene rings is 1. The molecule has 1 aliphatic rings. The molecule has 0 saturated carbocycles. The molecular formula is C18H25. The Balaban J connectivity index is 2.44. The molecule has 18 heavy (non-hydrogen) atoms. The Morgan fingerprint density at radius 3 is 2.28 bits per heavy atom. The summed E-state index contributed by atoms with van der Waals surface area (Å²) >= 11 is 0. The van der Waals surface area contributed by atoms with Crippen LogP contribution in [0.2, 0.25) is 0 Å². The standard InChI is InChI=1S/C18H25/c1-6-7-8-14-9-10-15-16(13-14)18(4,5)12-11-17(15,2)3/h6,8-10,13H,1,7,11-12H2,2-5H3. The first-order chi connectivity index (χ1) is 8.37. The van der Waals surface area contributed by atoms with Gasteiger partial charge in [0.25, 0.3) is 0 Å². The highest BCUT2D eigenvalue weighted by atomic mass is 14.4. The van der Waals surface area contributed by atoms with Crippen LogP contribution in [-0.4, -0.2) is 0 Å². The molecule has 0 unspecified atom stereocenters. The maximum absolute atomic E-state index is 3.78. The Morgan fingerprint density at radius 1 is 1.06 bits per heavy atom. The molecule has 0 spiro atoms. The highest BCUT2D eigenvalue weighted by Gasteiger charge is 2.36. The van der Waals surface area contributed by atoms with Gasteiger partial charge in [0.2, 0.25) is 0 Å². The normalized spacial score (nSPS) is 20.2. The van der Waals surface area contributed by atoms with Crippen molar-refractivity contribution < 1.29 is 0 Å². The third kappa shape index (κ3) is 2.39. The second-order valence-corrected chi connectivity index (χ2v) is 6.80. The molecule has 0 aromatic heterocycles. The van der Waals surface area contributed by atoms with Crippen LogP contribution in [0.5, 0.6) is 0 Å². The molecule has 0 heterocycles. The average Bonchev–Trinajstić information content (AvgIpc) is 2.32. The maximum atomic E-state index is 3.78. The van der Waals surface area contributed by atoms with Crippen LogP contribution in [0, 0.1) is 6.42 Å². The third-order valence-electron chi connectivity index (χ3n) is 4.40. The predicted molar refractivity (Wildman–Crippen MR) is 79.9 cm³/mol. The average molecular weight is 241 g/mol. The summed E-state index contributed by atoms with van der Waals surface area (Å²) in [6.45, 7) is 13.3. The summed E-state index contributed by atoms with van der Waals surface area (Å²) in [6.07, 6.45) is 7.71. The van der Waals surface area contributed by atoms with Gasteiger partial charge in [0.05, 0.1) is 0 Å². The van der Waals surface area contributed by atoms with E-state index in [0.717, 1.165) is 6.42 Å². The van der Waals surface area contributed by atoms with E-state index in [1.807, 2.05) is 6.08 Å². The Hall–Kier alpha value is -1.04. The van der Waals surface area contributed by atoms with E-state index in [-0.39, 0.29) is 0 Å². The first-order valence-electron chi connectivity index (χ1n) is 6.96. The van der Waals surface area contributed by atoms with Gasteiger partial charge < -0.3 is 0 Å². The molecule has 1 aromatic carbocycles. The van der Waals surface area contributed by atoms with Gasteiger partial charge in [0, 0.05) is 0 Å². The molecule has 0 heteroatoms. The zero-order valence-electron chi connectivity index (χ0n) is 12.2. The number of hydrogen-bond acceptors (Lipinski definition) is 0. The fraction of sp³-hybridized carbons (Fsp3) is 0.500. The zero-order valence-corrected chi connectivity index (χ0v) is 12.2. The lowest BCUT2D eigenvalue weighted by atomic mass is 9.63. The fourth-order valence-corrected chi connectivity index (χ4v) is 2.95. The van der Waals surface area contributed by atoms with Crippen LogP contribution in [-0.2, 0) is 10.8 Å². The number of rotatable bonds is 3. The fourth-order valence-electron chi connectivity index (χ4n) is 2.95. The van der Waals surface area contributed by atoms with Crippen molar-refractivity contribution in [3.05, 3.63) is 54.0 Å². The predicted octanol–water partition coefficient (Wildman–Crippen LogP) is 5.16. The van der Waals surface area contributed by atoms with Gasteiger partial charge in [-0.05, 0) is 53.2 Å². The van der Waals surface area contributed by atoms with Gasteiger partial charge in [0.1, 0.15) is 0 Å². The van der Waals surface area contributed by atoms with Gasteiger partial charge in [-0.25, -0.2) is 0 Å². The van der Waals surface area contributed by atoms with E-state index < -0.39 is 0 Å². The zero-order chi connectivity index (χ0) is 13.4. The Morgan fingerprint density at radius 2 is 1.67 bits per heavy atom. The lowest BCUT2D eigenvalue weighted by Gasteiger charge is -2.42. The Labute approximate surface area is 112 Å². The summed E-state index contributed by atoms with van der Waals surface area (Å²) in [5.41, 5.74) is 5.04. The molecule has 0 saturated heterocycles. The van der Waals surface area contributed by atoms with Crippen molar-refractivity contribution in [1.29, 1.82) is 0 Å². The lowest BCUT2D eigenvalue weighted by molar-refractivity contribution is 0.331. The smallest absolute Gasteiger partial charge is 0.00556 e. The van der Waals surface area contributed by atoms with E-state index in [1.165, 1.54) is 29.5 Å². The summed E-state index contributed by atoms with van der Waals surface area (Å²) < 4.78 is 0. The van der Waals surface area contributed by atoms with Crippen molar-refractivity contribution >= 4 is 0 Å². The molecule has 0 bridgehead atoms. The number of fused-ring (bicyclic) bond motifs is 1. The second-order valence-electron chi connectivity index (χ2n) is 6.80. The van der Waals surface area contributed by atoms with Gasteiger partial charge >= 0.3 is 0 Å². The lowest BCUT2D eigenvalue weighted by Crippen LogP contribution is -2.33. The third-order valence-corrected chi connectivity index (χ3v) is 4.40. The summed E-state index contributed by atoms with van der Waals surface area (Å²) in [5, 5.41) is 0. The molecule has 0 nitrogen and oxygen atoms in total. The molecule has 97 valence electrons. The largest absolute Gasteiger partial charge is 0.103 e. The number of allylic oxidation sites excluding steroid dienone is 1. The highest BCUT2D eigenvalue weighted by Crippen LogP contribution is 2.45. The molecule has 1 aromatic rings.